The molecule has 0 aromatic rings. The van der Waals surface area contributed by atoms with E-state index in [4.69, 9.17) is 4.74 Å². The van der Waals surface area contributed by atoms with E-state index in [2.05, 4.69) is 19.2 Å². The summed E-state index contributed by atoms with van der Waals surface area (Å²) >= 11 is 0. The van der Waals surface area contributed by atoms with E-state index in [1.165, 1.54) is 12.8 Å². The normalized spacial score (nSPS) is 19.4. The molecule has 0 aromatic heterocycles. The van der Waals surface area contributed by atoms with Crippen molar-refractivity contribution in [2.45, 2.75) is 44.3 Å². The first-order valence-electron chi connectivity index (χ1n) is 5.65. The van der Waals surface area contributed by atoms with Crippen molar-refractivity contribution in [3.63, 3.8) is 0 Å². The van der Waals surface area contributed by atoms with Crippen LogP contribution in [0.15, 0.2) is 0 Å². The maximum absolute atomic E-state index is 11.9. The Morgan fingerprint density at radius 2 is 2.20 bits per heavy atom. The lowest BCUT2D eigenvalue weighted by Gasteiger charge is -2.27. The minimum Gasteiger partial charge on any atom is -0.465 e. The van der Waals surface area contributed by atoms with Gasteiger partial charge < -0.3 is 4.74 Å². The Bertz CT molecular complexity index is 281. The molecule has 3 nitrogen and oxygen atoms in total. The Hall–Kier alpha value is -0.823. The summed E-state index contributed by atoms with van der Waals surface area (Å²) in [7, 11) is -1.36. The summed E-state index contributed by atoms with van der Waals surface area (Å²) in [6.45, 7) is 6.28. The molecule has 1 aliphatic carbocycles. The van der Waals surface area contributed by atoms with Crippen LogP contribution in [0, 0.1) is 17.2 Å². The fourth-order valence-electron chi connectivity index (χ4n) is 1.81. The van der Waals surface area contributed by atoms with Gasteiger partial charge in [0, 0.05) is 0 Å². The fourth-order valence-corrected chi connectivity index (χ4v) is 3.43. The maximum Gasteiger partial charge on any atom is 0.322 e. The molecule has 0 radical (unpaired) electrons. The summed E-state index contributed by atoms with van der Waals surface area (Å²) < 4.78 is 5.06. The van der Waals surface area contributed by atoms with Crippen LogP contribution in [0.1, 0.15) is 26.2 Å². The number of nitrogens with zero attached hydrogens (tertiary/aromatic N) is 1. The van der Waals surface area contributed by atoms with Gasteiger partial charge >= 0.3 is 5.97 Å². The number of carbonyl (C=O) groups excluding carboxylic acids is 1. The van der Waals surface area contributed by atoms with Crippen molar-refractivity contribution in [2.75, 3.05) is 6.61 Å². The van der Waals surface area contributed by atoms with E-state index in [9.17, 15) is 10.1 Å². The average Bonchev–Trinajstić information content (AvgIpc) is 2.97. The number of ether oxygens (including phenoxy) is 1. The zero-order valence-corrected chi connectivity index (χ0v) is 10.9. The zero-order chi connectivity index (χ0) is 11.5. The molecule has 1 unspecified atom stereocenters. The van der Waals surface area contributed by atoms with E-state index >= 15 is 0 Å². The van der Waals surface area contributed by atoms with E-state index in [0.717, 1.165) is 6.42 Å². The molecule has 0 saturated heterocycles. The molecule has 15 heavy (non-hydrogen) atoms. The number of esters is 1. The van der Waals surface area contributed by atoms with Crippen molar-refractivity contribution in [3.05, 3.63) is 0 Å². The standard InChI is InChI=1S/C11H19NO2Si/c1-4-14-10(13)11(8-12,15(2)3)7-9-5-6-9/h9,15H,4-7H2,1-3H3. The summed E-state index contributed by atoms with van der Waals surface area (Å²) in [6.07, 6.45) is 3.07. The molecule has 1 fully saturated rings. The molecule has 0 aromatic carbocycles. The highest BCUT2D eigenvalue weighted by Gasteiger charge is 2.47. The summed E-state index contributed by atoms with van der Waals surface area (Å²) in [6, 6.07) is 2.26. The van der Waals surface area contributed by atoms with Crippen molar-refractivity contribution in [3.8, 4) is 6.07 Å². The first kappa shape index (κ1) is 12.2. The summed E-state index contributed by atoms with van der Waals surface area (Å²) in [4.78, 5) is 11.9. The van der Waals surface area contributed by atoms with E-state index in [0.29, 0.717) is 12.5 Å². The summed E-state index contributed by atoms with van der Waals surface area (Å²) in [5.41, 5.74) is 0. The first-order chi connectivity index (χ1) is 7.06. The van der Waals surface area contributed by atoms with Gasteiger partial charge in [0.15, 0.2) is 0 Å². The monoisotopic (exact) mass is 225 g/mol. The molecule has 1 aliphatic rings. The predicted octanol–water partition coefficient (Wildman–Crippen LogP) is 2.10. The van der Waals surface area contributed by atoms with Gasteiger partial charge in [0.25, 0.3) is 0 Å². The molecular weight excluding hydrogens is 206 g/mol. The average molecular weight is 225 g/mol. The lowest BCUT2D eigenvalue weighted by Crippen LogP contribution is -2.36. The van der Waals surface area contributed by atoms with Crippen LogP contribution in [0.4, 0.5) is 0 Å². The number of carbonyl (C=O) groups is 1. The van der Waals surface area contributed by atoms with E-state index in [-0.39, 0.29) is 5.97 Å². The van der Waals surface area contributed by atoms with Gasteiger partial charge in [0.1, 0.15) is 5.04 Å². The van der Waals surface area contributed by atoms with E-state index < -0.39 is 13.8 Å². The second-order valence-corrected chi connectivity index (χ2v) is 7.90. The Kier molecular flexibility index (Phi) is 3.92. The summed E-state index contributed by atoms with van der Waals surface area (Å²) in [5, 5.41) is 8.52. The van der Waals surface area contributed by atoms with Crippen molar-refractivity contribution < 1.29 is 9.53 Å². The molecule has 84 valence electrons. The Balaban J connectivity index is 2.81. The molecule has 0 amide bonds. The van der Waals surface area contributed by atoms with Crippen LogP contribution in [-0.2, 0) is 9.53 Å². The molecule has 1 saturated carbocycles. The molecule has 0 bridgehead atoms. The largest absolute Gasteiger partial charge is 0.465 e. The highest BCUT2D eigenvalue weighted by atomic mass is 28.3. The van der Waals surface area contributed by atoms with Gasteiger partial charge in [-0.1, -0.05) is 25.9 Å². The second-order valence-electron chi connectivity index (χ2n) is 4.61. The molecule has 0 spiro atoms. The molecule has 1 atom stereocenters. The van der Waals surface area contributed by atoms with Crippen LogP contribution in [0.3, 0.4) is 0 Å². The maximum atomic E-state index is 11.9. The molecule has 0 N–H and O–H groups in total. The van der Waals surface area contributed by atoms with Crippen LogP contribution in [0.25, 0.3) is 0 Å². The Morgan fingerprint density at radius 3 is 2.53 bits per heavy atom. The number of nitriles is 1. The Labute approximate surface area is 93.0 Å². The van der Waals surface area contributed by atoms with Crippen LogP contribution in [0.2, 0.25) is 18.1 Å². The number of hydrogen-bond acceptors (Lipinski definition) is 3. The van der Waals surface area contributed by atoms with Crippen LogP contribution in [-0.4, -0.2) is 21.4 Å². The summed E-state index contributed by atoms with van der Waals surface area (Å²) in [5.74, 6) is 0.310. The molecular formula is C11H19NO2Si. The van der Waals surface area contributed by atoms with E-state index in [1.54, 1.807) is 6.92 Å². The SMILES string of the molecule is CCOC(=O)C(C#N)(CC1CC1)[SiH](C)C. The van der Waals surface area contributed by atoms with Gasteiger partial charge in [-0.3, -0.25) is 4.79 Å². The highest BCUT2D eigenvalue weighted by molar-refractivity contribution is 6.65. The third-order valence-electron chi connectivity index (χ3n) is 3.13. The number of hydrogen-bond donors (Lipinski definition) is 0. The van der Waals surface area contributed by atoms with Gasteiger partial charge in [-0.25, -0.2) is 0 Å². The van der Waals surface area contributed by atoms with Gasteiger partial charge in [-0.05, 0) is 19.3 Å². The Morgan fingerprint density at radius 1 is 1.60 bits per heavy atom. The fraction of sp³-hybridized carbons (Fsp3) is 0.818. The first-order valence-corrected chi connectivity index (χ1v) is 8.54. The predicted molar refractivity (Wildman–Crippen MR) is 61.2 cm³/mol. The van der Waals surface area contributed by atoms with Gasteiger partial charge in [-0.2, -0.15) is 5.26 Å². The van der Waals surface area contributed by atoms with Crippen LogP contribution >= 0.6 is 0 Å². The topological polar surface area (TPSA) is 50.1 Å². The van der Waals surface area contributed by atoms with Crippen molar-refractivity contribution >= 4 is 14.8 Å². The lowest BCUT2D eigenvalue weighted by atomic mass is 10.0. The number of rotatable bonds is 5. The minimum absolute atomic E-state index is 0.277. The van der Waals surface area contributed by atoms with Crippen molar-refractivity contribution in [1.29, 1.82) is 5.26 Å². The third-order valence-corrected chi connectivity index (χ3v) is 5.70. The van der Waals surface area contributed by atoms with Gasteiger partial charge in [-0.15, -0.1) is 0 Å². The van der Waals surface area contributed by atoms with Crippen LogP contribution < -0.4 is 0 Å². The second kappa shape index (κ2) is 4.80. The van der Waals surface area contributed by atoms with Crippen LogP contribution in [0.5, 0.6) is 0 Å². The zero-order valence-electron chi connectivity index (χ0n) is 9.75. The molecule has 4 heteroatoms. The van der Waals surface area contributed by atoms with Crippen molar-refractivity contribution in [2.24, 2.45) is 5.92 Å². The third kappa shape index (κ3) is 2.60. The molecule has 0 heterocycles. The molecule has 0 aliphatic heterocycles. The minimum atomic E-state index is -1.36. The van der Waals surface area contributed by atoms with Gasteiger partial charge in [0.05, 0.1) is 21.5 Å². The van der Waals surface area contributed by atoms with Gasteiger partial charge in [0.2, 0.25) is 0 Å². The highest BCUT2D eigenvalue weighted by Crippen LogP contribution is 2.46. The molecule has 1 rings (SSSR count). The quantitative estimate of drug-likeness (QED) is 0.532. The van der Waals surface area contributed by atoms with Crippen molar-refractivity contribution in [1.82, 2.24) is 0 Å². The van der Waals surface area contributed by atoms with E-state index in [1.807, 2.05) is 0 Å². The lowest BCUT2D eigenvalue weighted by molar-refractivity contribution is -0.145. The smallest absolute Gasteiger partial charge is 0.322 e.